The number of rotatable bonds is 10. The molecule has 0 saturated carbocycles. The van der Waals surface area contributed by atoms with E-state index in [0.717, 1.165) is 0 Å². The average molecular weight is 322 g/mol. The molecule has 0 heterocycles. The molecular formula is C11H18N2O9. The zero-order valence-electron chi connectivity index (χ0n) is 11.4. The van der Waals surface area contributed by atoms with E-state index in [1.807, 2.05) is 0 Å². The highest BCUT2D eigenvalue weighted by Crippen LogP contribution is 2.44. The Morgan fingerprint density at radius 2 is 1.09 bits per heavy atom. The third-order valence-corrected chi connectivity index (χ3v) is 3.35. The van der Waals surface area contributed by atoms with Gasteiger partial charge in [0.1, 0.15) is 0 Å². The Hall–Kier alpha value is -2.24. The third-order valence-electron chi connectivity index (χ3n) is 3.35. The van der Waals surface area contributed by atoms with Gasteiger partial charge < -0.3 is 25.5 Å². The summed E-state index contributed by atoms with van der Waals surface area (Å²) in [4.78, 5) is 43.8. The molecule has 11 heteroatoms. The normalized spacial score (nSPS) is 12.2. The summed E-state index contributed by atoms with van der Waals surface area (Å²) in [5.74, 6) is -10.8. The van der Waals surface area contributed by atoms with Gasteiger partial charge in [0, 0.05) is 12.8 Å². The monoisotopic (exact) mass is 322 g/mol. The van der Waals surface area contributed by atoms with Crippen LogP contribution >= 0.6 is 0 Å². The molecule has 0 fully saturated rings. The predicted molar refractivity (Wildman–Crippen MR) is 68.3 cm³/mol. The van der Waals surface area contributed by atoms with Crippen molar-refractivity contribution >= 4 is 23.9 Å². The van der Waals surface area contributed by atoms with E-state index in [0.29, 0.717) is 0 Å². The third kappa shape index (κ3) is 5.27. The fourth-order valence-corrected chi connectivity index (χ4v) is 2.39. The van der Waals surface area contributed by atoms with Gasteiger partial charge in [-0.2, -0.15) is 0 Å². The van der Waals surface area contributed by atoms with Crippen LogP contribution < -0.4 is 11.5 Å². The summed E-state index contributed by atoms with van der Waals surface area (Å²) in [6.07, 6.45) is -4.09. The summed E-state index contributed by atoms with van der Waals surface area (Å²) in [5, 5.41) is 45.4. The highest BCUT2D eigenvalue weighted by atomic mass is 16.4. The summed E-state index contributed by atoms with van der Waals surface area (Å²) in [6.45, 7) is 0. The molecule has 0 aromatic carbocycles. The minimum Gasteiger partial charge on any atom is -0.481 e. The maximum absolute atomic E-state index is 11.0. The Labute approximate surface area is 124 Å². The van der Waals surface area contributed by atoms with Gasteiger partial charge in [0.2, 0.25) is 0 Å². The van der Waals surface area contributed by atoms with Gasteiger partial charge in [-0.1, -0.05) is 0 Å². The molecule has 0 aromatic rings. The quantitative estimate of drug-likeness (QED) is 0.219. The number of hydrogen-bond acceptors (Lipinski definition) is 7. The van der Waals surface area contributed by atoms with Crippen molar-refractivity contribution in [2.24, 2.45) is 22.8 Å². The second-order valence-corrected chi connectivity index (χ2v) is 5.02. The first kappa shape index (κ1) is 19.8. The molecular weight excluding hydrogens is 304 g/mol. The Kier molecular flexibility index (Phi) is 6.43. The largest absolute Gasteiger partial charge is 0.481 e. The number of aliphatic carboxylic acids is 4. The van der Waals surface area contributed by atoms with E-state index in [1.54, 1.807) is 0 Å². The Morgan fingerprint density at radius 3 is 1.27 bits per heavy atom. The molecule has 0 aliphatic heterocycles. The highest BCUT2D eigenvalue weighted by molar-refractivity contribution is 5.75. The van der Waals surface area contributed by atoms with Gasteiger partial charge in [0.25, 0.3) is 0 Å². The highest BCUT2D eigenvalue weighted by Gasteiger charge is 2.55. The number of aliphatic hydroxyl groups is 1. The van der Waals surface area contributed by atoms with Crippen LogP contribution in [-0.2, 0) is 19.2 Å². The lowest BCUT2D eigenvalue weighted by atomic mass is 9.64. The lowest BCUT2D eigenvalue weighted by Crippen LogP contribution is -2.66. The molecule has 0 unspecified atom stereocenters. The Morgan fingerprint density at radius 1 is 0.773 bits per heavy atom. The van der Waals surface area contributed by atoms with Crippen LogP contribution in [0.2, 0.25) is 0 Å². The van der Waals surface area contributed by atoms with E-state index in [2.05, 4.69) is 0 Å². The van der Waals surface area contributed by atoms with Crippen molar-refractivity contribution in [2.45, 2.75) is 31.5 Å². The number of carboxylic acid groups (broad SMARTS) is 4. The Bertz CT molecular complexity index is 437. The molecule has 0 bridgehead atoms. The molecule has 0 radical (unpaired) electrons. The molecule has 0 aromatic heterocycles. The molecule has 9 N–H and O–H groups in total. The van der Waals surface area contributed by atoms with Gasteiger partial charge >= 0.3 is 23.9 Å². The molecule has 0 aliphatic rings. The lowest BCUT2D eigenvalue weighted by Gasteiger charge is -2.45. The summed E-state index contributed by atoms with van der Waals surface area (Å²) in [6, 6.07) is 0. The van der Waals surface area contributed by atoms with Crippen LogP contribution in [0.3, 0.4) is 0 Å². The molecule has 22 heavy (non-hydrogen) atoms. The van der Waals surface area contributed by atoms with Gasteiger partial charge in [-0.3, -0.25) is 30.6 Å². The van der Waals surface area contributed by atoms with Crippen LogP contribution in [0.15, 0.2) is 0 Å². The number of carboxylic acids is 4. The van der Waals surface area contributed by atoms with Crippen LogP contribution in [0.25, 0.3) is 0 Å². The van der Waals surface area contributed by atoms with Crippen LogP contribution in [0.5, 0.6) is 0 Å². The molecule has 0 atom stereocenters. The number of nitrogens with two attached hydrogens (primary N) is 2. The van der Waals surface area contributed by atoms with Crippen LogP contribution in [0.4, 0.5) is 0 Å². The maximum Gasteiger partial charge on any atom is 0.304 e. The van der Waals surface area contributed by atoms with Crippen molar-refractivity contribution in [1.82, 2.24) is 0 Å². The van der Waals surface area contributed by atoms with Gasteiger partial charge in [-0.15, -0.1) is 0 Å². The van der Waals surface area contributed by atoms with Crippen LogP contribution in [0.1, 0.15) is 25.7 Å². The molecule has 0 saturated heterocycles. The molecule has 0 aliphatic carbocycles. The molecule has 11 nitrogen and oxygen atoms in total. The fraction of sp³-hybridized carbons (Fsp3) is 0.636. The SMILES string of the molecule is NC(N)(O)C(CC(=O)O)(CC(=O)O)C(CC(=O)O)CC(=O)O. The summed E-state index contributed by atoms with van der Waals surface area (Å²) < 4.78 is 0. The Balaban J connectivity index is 6.10. The average Bonchev–Trinajstić information content (AvgIpc) is 2.22. The van der Waals surface area contributed by atoms with Gasteiger partial charge in [-0.05, 0) is 5.92 Å². The molecule has 0 rings (SSSR count). The molecule has 126 valence electrons. The van der Waals surface area contributed by atoms with Crippen molar-refractivity contribution in [3.05, 3.63) is 0 Å². The predicted octanol–water partition coefficient (Wildman–Crippen LogP) is -1.95. The van der Waals surface area contributed by atoms with E-state index >= 15 is 0 Å². The standard InChI is InChI=1S/C11H18N2O9/c12-11(13,22)10(3-8(18)19,4-9(20)21)5(1-6(14)15)2-7(16)17/h5,22H,1-4,12-13H2,(H,14,15)(H,16,17)(H,18,19)(H,20,21). The van der Waals surface area contributed by atoms with E-state index in [1.165, 1.54) is 0 Å². The number of hydrogen-bond donors (Lipinski definition) is 7. The summed E-state index contributed by atoms with van der Waals surface area (Å²) in [7, 11) is 0. The topological polar surface area (TPSA) is 221 Å². The lowest BCUT2D eigenvalue weighted by molar-refractivity contribution is -0.174. The smallest absolute Gasteiger partial charge is 0.304 e. The van der Waals surface area contributed by atoms with Crippen molar-refractivity contribution in [3.63, 3.8) is 0 Å². The summed E-state index contributed by atoms with van der Waals surface area (Å²) >= 11 is 0. The van der Waals surface area contributed by atoms with Gasteiger partial charge in [0.05, 0.1) is 18.3 Å². The second kappa shape index (κ2) is 7.15. The van der Waals surface area contributed by atoms with Crippen LogP contribution in [0, 0.1) is 11.3 Å². The first-order valence-corrected chi connectivity index (χ1v) is 5.99. The van der Waals surface area contributed by atoms with E-state index in [-0.39, 0.29) is 0 Å². The van der Waals surface area contributed by atoms with E-state index in [4.69, 9.17) is 31.9 Å². The number of carbonyl (C=O) groups is 4. The van der Waals surface area contributed by atoms with Crippen molar-refractivity contribution < 1.29 is 44.7 Å². The first-order valence-electron chi connectivity index (χ1n) is 5.99. The second-order valence-electron chi connectivity index (χ2n) is 5.02. The molecule has 0 spiro atoms. The van der Waals surface area contributed by atoms with Gasteiger partial charge in [-0.25, -0.2) is 0 Å². The van der Waals surface area contributed by atoms with Crippen molar-refractivity contribution in [2.75, 3.05) is 0 Å². The minimum absolute atomic E-state index is 0.927. The van der Waals surface area contributed by atoms with Gasteiger partial charge in [0.15, 0.2) is 5.85 Å². The zero-order valence-corrected chi connectivity index (χ0v) is 11.4. The van der Waals surface area contributed by atoms with Crippen molar-refractivity contribution in [1.29, 1.82) is 0 Å². The van der Waals surface area contributed by atoms with Crippen molar-refractivity contribution in [3.8, 4) is 0 Å². The van der Waals surface area contributed by atoms with Crippen LogP contribution in [-0.4, -0.2) is 55.3 Å². The zero-order chi connectivity index (χ0) is 17.7. The minimum atomic E-state index is -2.92. The fourth-order valence-electron chi connectivity index (χ4n) is 2.39. The first-order chi connectivity index (χ1) is 9.81. The molecule has 0 amide bonds. The van der Waals surface area contributed by atoms with E-state index in [9.17, 15) is 24.3 Å². The summed E-state index contributed by atoms with van der Waals surface area (Å²) in [5.41, 5.74) is 8.18. The van der Waals surface area contributed by atoms with E-state index < -0.39 is 66.7 Å². The maximum atomic E-state index is 11.0.